The second kappa shape index (κ2) is 10.6. The van der Waals surface area contributed by atoms with Crippen LogP contribution in [0.3, 0.4) is 0 Å². The number of anilines is 1. The van der Waals surface area contributed by atoms with Gasteiger partial charge in [0.1, 0.15) is 11.5 Å². The second-order valence-electron chi connectivity index (χ2n) is 8.82. The molecule has 188 valence electrons. The van der Waals surface area contributed by atoms with Gasteiger partial charge < -0.3 is 19.1 Å². The lowest BCUT2D eigenvalue weighted by Crippen LogP contribution is -2.33. The molecule has 5 rings (SSSR count). The Morgan fingerprint density at radius 2 is 2.00 bits per heavy atom. The zero-order valence-electron chi connectivity index (χ0n) is 19.3. The molecule has 10 heteroatoms. The maximum Gasteiger partial charge on any atom is 0.341 e. The summed E-state index contributed by atoms with van der Waals surface area (Å²) in [5.74, 6) is 0.437. The van der Waals surface area contributed by atoms with E-state index in [1.807, 2.05) is 18.2 Å². The average molecular weight is 572 g/mol. The second-order valence-corrected chi connectivity index (χ2v) is 10.5. The van der Waals surface area contributed by atoms with E-state index >= 15 is 0 Å². The van der Waals surface area contributed by atoms with Gasteiger partial charge in [-0.2, -0.15) is 0 Å². The number of carbonyl (C=O) groups is 1. The van der Waals surface area contributed by atoms with Crippen molar-refractivity contribution in [3.05, 3.63) is 75.4 Å². The number of aromatic nitrogens is 1. The molecule has 0 spiro atoms. The van der Waals surface area contributed by atoms with E-state index in [1.165, 1.54) is 21.6 Å². The average Bonchev–Trinajstić information content (AvgIpc) is 3.32. The molecule has 0 fully saturated rings. The summed E-state index contributed by atoms with van der Waals surface area (Å²) in [4.78, 5) is 15.4. The van der Waals surface area contributed by atoms with Crippen molar-refractivity contribution >= 4 is 38.9 Å². The van der Waals surface area contributed by atoms with Gasteiger partial charge in [0.15, 0.2) is 6.61 Å². The summed E-state index contributed by atoms with van der Waals surface area (Å²) < 4.78 is 38.2. The van der Waals surface area contributed by atoms with Crippen molar-refractivity contribution in [1.29, 1.82) is 0 Å². The van der Waals surface area contributed by atoms with Crippen LogP contribution in [0.2, 0.25) is 0 Å². The van der Waals surface area contributed by atoms with Crippen LogP contribution in [-0.2, 0) is 35.3 Å². The Hall–Kier alpha value is -2.95. The number of benzene rings is 2. The molecule has 36 heavy (non-hydrogen) atoms. The van der Waals surface area contributed by atoms with E-state index < -0.39 is 29.9 Å². The van der Waals surface area contributed by atoms with E-state index in [0.29, 0.717) is 40.4 Å². The van der Waals surface area contributed by atoms with E-state index in [0.717, 1.165) is 36.8 Å². The summed E-state index contributed by atoms with van der Waals surface area (Å²) >= 11 is 0.912. The van der Waals surface area contributed by atoms with Crippen LogP contribution in [0.15, 0.2) is 53.1 Å². The SMILES string of the molecule is O=C(O)COc1cccc2c1CCCC2N(c1cnc(Oc2ccc3c(c2)CCC3)c(Br)c1)S(=O)[O-]. The molecule has 3 aromatic rings. The number of ether oxygens (including phenoxy) is 2. The van der Waals surface area contributed by atoms with Crippen LogP contribution in [0.1, 0.15) is 47.6 Å². The fraction of sp³-hybridized carbons (Fsp3) is 0.308. The third-order valence-electron chi connectivity index (χ3n) is 6.56. The molecule has 2 atom stereocenters. The zero-order chi connectivity index (χ0) is 25.2. The number of carboxylic acid groups (broad SMARTS) is 1. The highest BCUT2D eigenvalue weighted by Crippen LogP contribution is 2.42. The Balaban J connectivity index is 1.42. The highest BCUT2D eigenvalue weighted by atomic mass is 79.9. The first kappa shape index (κ1) is 24.7. The number of nitrogens with zero attached hydrogens (tertiary/aromatic N) is 2. The molecular formula is C26H24BrN2O6S-. The van der Waals surface area contributed by atoms with Crippen molar-refractivity contribution in [2.75, 3.05) is 10.9 Å². The lowest BCUT2D eigenvalue weighted by atomic mass is 9.87. The fourth-order valence-corrected chi connectivity index (χ4v) is 6.13. The first-order valence-corrected chi connectivity index (χ1v) is 13.5. The largest absolute Gasteiger partial charge is 0.755 e. The van der Waals surface area contributed by atoms with Crippen LogP contribution in [0.4, 0.5) is 5.69 Å². The summed E-state index contributed by atoms with van der Waals surface area (Å²) in [7, 11) is 0. The van der Waals surface area contributed by atoms with Gasteiger partial charge in [-0.05, 0) is 101 Å². The molecule has 0 saturated heterocycles. The number of fused-ring (bicyclic) bond motifs is 2. The molecule has 2 aliphatic carbocycles. The summed E-state index contributed by atoms with van der Waals surface area (Å²) in [6.45, 7) is -0.457. The molecule has 0 saturated carbocycles. The van der Waals surface area contributed by atoms with Gasteiger partial charge in [0.25, 0.3) is 0 Å². The molecular weight excluding hydrogens is 548 g/mol. The number of aliphatic carboxylic acids is 1. The summed E-state index contributed by atoms with van der Waals surface area (Å²) in [6.07, 6.45) is 6.78. The standard InChI is InChI=1S/C26H25BrN2O6S/c27-22-13-18(14-28-26(22)35-19-11-10-16-4-1-5-17(16)12-19)29(36(32)33)23-8-2-7-21-20(23)6-3-9-24(21)34-15-25(30)31/h3,6,9-14,23H,1-2,4-5,7-8,15H2,(H,30,31)(H,32,33)/p-1. The Morgan fingerprint density at radius 3 is 2.78 bits per heavy atom. The third kappa shape index (κ3) is 5.11. The van der Waals surface area contributed by atoms with Gasteiger partial charge in [-0.15, -0.1) is 0 Å². The lowest BCUT2D eigenvalue weighted by molar-refractivity contribution is -0.139. The van der Waals surface area contributed by atoms with Gasteiger partial charge in [-0.25, -0.2) is 9.78 Å². The Bertz CT molecular complexity index is 1330. The van der Waals surface area contributed by atoms with E-state index in [9.17, 15) is 13.6 Å². The minimum absolute atomic E-state index is 0.349. The van der Waals surface area contributed by atoms with E-state index in [-0.39, 0.29) is 0 Å². The van der Waals surface area contributed by atoms with Crippen LogP contribution in [0, 0.1) is 0 Å². The molecule has 0 amide bonds. The minimum Gasteiger partial charge on any atom is -0.755 e. The van der Waals surface area contributed by atoms with Crippen LogP contribution in [-0.4, -0.2) is 31.4 Å². The Kier molecular flexibility index (Phi) is 7.27. The van der Waals surface area contributed by atoms with E-state index in [2.05, 4.69) is 27.0 Å². The molecule has 2 aromatic carbocycles. The number of pyridine rings is 1. The smallest absolute Gasteiger partial charge is 0.341 e. The number of hydrogen-bond acceptors (Lipinski definition) is 6. The van der Waals surface area contributed by atoms with Crippen molar-refractivity contribution in [2.45, 2.75) is 44.6 Å². The number of aryl methyl sites for hydroxylation is 2. The normalized spacial score (nSPS) is 17.1. The number of hydrogen-bond donors (Lipinski definition) is 1. The zero-order valence-corrected chi connectivity index (χ0v) is 21.7. The van der Waals surface area contributed by atoms with Gasteiger partial charge in [0.2, 0.25) is 5.88 Å². The van der Waals surface area contributed by atoms with Crippen LogP contribution in [0.5, 0.6) is 17.4 Å². The highest BCUT2D eigenvalue weighted by molar-refractivity contribution is 9.10. The summed E-state index contributed by atoms with van der Waals surface area (Å²) in [5.41, 5.74) is 4.65. The molecule has 1 N–H and O–H groups in total. The number of carboxylic acids is 1. The maximum atomic E-state index is 12.4. The van der Waals surface area contributed by atoms with Crippen LogP contribution >= 0.6 is 15.9 Å². The molecule has 0 bridgehead atoms. The van der Waals surface area contributed by atoms with Crippen LogP contribution < -0.4 is 13.8 Å². The van der Waals surface area contributed by atoms with Gasteiger partial charge in [-0.3, -0.25) is 8.51 Å². The predicted octanol–water partition coefficient (Wildman–Crippen LogP) is 5.27. The third-order valence-corrected chi connectivity index (χ3v) is 7.91. The van der Waals surface area contributed by atoms with Gasteiger partial charge in [0.05, 0.1) is 22.4 Å². The molecule has 2 unspecified atom stereocenters. The minimum atomic E-state index is -2.58. The van der Waals surface area contributed by atoms with E-state index in [4.69, 9.17) is 14.6 Å². The molecule has 0 radical (unpaired) electrons. The maximum absolute atomic E-state index is 12.4. The van der Waals surface area contributed by atoms with Crippen molar-refractivity contribution in [3.63, 3.8) is 0 Å². The fourth-order valence-electron chi connectivity index (χ4n) is 5.01. The van der Waals surface area contributed by atoms with Crippen molar-refractivity contribution < 1.29 is 28.1 Å². The van der Waals surface area contributed by atoms with Gasteiger partial charge in [-0.1, -0.05) is 18.2 Å². The summed E-state index contributed by atoms with van der Waals surface area (Å²) in [6, 6.07) is 12.6. The van der Waals surface area contributed by atoms with Crippen LogP contribution in [0.25, 0.3) is 0 Å². The molecule has 1 heterocycles. The van der Waals surface area contributed by atoms with Crippen molar-refractivity contribution in [2.24, 2.45) is 0 Å². The Labute approximate surface area is 219 Å². The highest BCUT2D eigenvalue weighted by Gasteiger charge is 2.30. The first-order chi connectivity index (χ1) is 17.4. The molecule has 0 aliphatic heterocycles. The molecule has 1 aromatic heterocycles. The monoisotopic (exact) mass is 571 g/mol. The van der Waals surface area contributed by atoms with Gasteiger partial charge >= 0.3 is 5.97 Å². The Morgan fingerprint density at radius 1 is 1.17 bits per heavy atom. The number of halogens is 1. The first-order valence-electron chi connectivity index (χ1n) is 11.7. The molecule has 8 nitrogen and oxygen atoms in total. The lowest BCUT2D eigenvalue weighted by Gasteiger charge is -2.38. The van der Waals surface area contributed by atoms with Gasteiger partial charge in [0, 0.05) is 11.3 Å². The predicted molar refractivity (Wildman–Crippen MR) is 137 cm³/mol. The summed E-state index contributed by atoms with van der Waals surface area (Å²) in [5, 5.41) is 8.99. The topological polar surface area (TPSA) is 112 Å². The van der Waals surface area contributed by atoms with Crippen molar-refractivity contribution in [1.82, 2.24) is 4.98 Å². The number of rotatable bonds is 8. The quantitative estimate of drug-likeness (QED) is 0.366. The van der Waals surface area contributed by atoms with E-state index in [1.54, 1.807) is 18.2 Å². The van der Waals surface area contributed by atoms with Crippen molar-refractivity contribution in [3.8, 4) is 17.4 Å². The molecule has 2 aliphatic rings.